The van der Waals surface area contributed by atoms with E-state index in [1.165, 1.54) is 5.56 Å². The molecule has 26 heavy (non-hydrogen) atoms. The fraction of sp³-hybridized carbons (Fsp3) is 0.250. The minimum Gasteiger partial charge on any atom is -0.268 e. The van der Waals surface area contributed by atoms with Gasteiger partial charge in [0.2, 0.25) is 0 Å². The highest BCUT2D eigenvalue weighted by atomic mass is 32.2. The first-order valence-corrected chi connectivity index (χ1v) is 10.4. The highest BCUT2D eigenvalue weighted by molar-refractivity contribution is 8.00. The summed E-state index contributed by atoms with van der Waals surface area (Å²) in [4.78, 5) is 23.2. The number of hydrogen-bond donors (Lipinski definition) is 0. The van der Waals surface area contributed by atoms with Crippen LogP contribution in [-0.2, 0) is 12.2 Å². The summed E-state index contributed by atoms with van der Waals surface area (Å²) < 4.78 is 1.75. The van der Waals surface area contributed by atoms with Crippen molar-refractivity contribution in [2.45, 2.75) is 41.3 Å². The van der Waals surface area contributed by atoms with Gasteiger partial charge in [-0.15, -0.1) is 11.8 Å². The van der Waals surface area contributed by atoms with Crippen molar-refractivity contribution >= 4 is 23.5 Å². The van der Waals surface area contributed by atoms with Gasteiger partial charge in [-0.2, -0.15) is 0 Å². The second-order valence-corrected chi connectivity index (χ2v) is 8.78. The maximum Gasteiger partial charge on any atom is 0.272 e. The second kappa shape index (κ2) is 7.29. The molecule has 0 radical (unpaired) electrons. The maximum absolute atomic E-state index is 13.2. The van der Waals surface area contributed by atoms with E-state index in [1.807, 2.05) is 49.4 Å². The molecule has 0 fully saturated rings. The maximum atomic E-state index is 13.2. The number of pyridine rings is 1. The number of benzene rings is 1. The number of thioether (sulfide) groups is 2. The largest absolute Gasteiger partial charge is 0.272 e. The molecular weight excluding hydrogens is 362 g/mol. The molecule has 0 aliphatic carbocycles. The molecule has 0 bridgehead atoms. The van der Waals surface area contributed by atoms with E-state index in [2.05, 4.69) is 11.9 Å². The van der Waals surface area contributed by atoms with E-state index in [0.29, 0.717) is 11.0 Å². The smallest absolute Gasteiger partial charge is 0.268 e. The predicted octanol–water partition coefficient (Wildman–Crippen LogP) is 4.26. The molecule has 132 valence electrons. The third-order valence-corrected chi connectivity index (χ3v) is 6.44. The molecule has 6 heteroatoms. The van der Waals surface area contributed by atoms with Crippen LogP contribution in [-0.4, -0.2) is 19.8 Å². The zero-order chi connectivity index (χ0) is 18.1. The molecule has 2 aromatic heterocycles. The fourth-order valence-electron chi connectivity index (χ4n) is 2.94. The Labute approximate surface area is 161 Å². The van der Waals surface area contributed by atoms with Gasteiger partial charge in [-0.1, -0.05) is 42.4 Å². The molecule has 4 rings (SSSR count). The Morgan fingerprint density at radius 3 is 2.77 bits per heavy atom. The molecule has 4 nitrogen and oxygen atoms in total. The van der Waals surface area contributed by atoms with Crippen LogP contribution in [0.3, 0.4) is 0 Å². The van der Waals surface area contributed by atoms with Crippen LogP contribution >= 0.6 is 23.5 Å². The summed E-state index contributed by atoms with van der Waals surface area (Å²) >= 11 is 3.20. The first kappa shape index (κ1) is 17.4. The number of aryl methyl sites for hydroxylation is 1. The molecule has 1 atom stereocenters. The summed E-state index contributed by atoms with van der Waals surface area (Å²) in [6.07, 6.45) is 2.64. The lowest BCUT2D eigenvalue weighted by Gasteiger charge is -2.13. The fourth-order valence-corrected chi connectivity index (χ4v) is 4.98. The zero-order valence-electron chi connectivity index (χ0n) is 14.7. The highest BCUT2D eigenvalue weighted by Gasteiger charge is 2.26. The van der Waals surface area contributed by atoms with Gasteiger partial charge in [0.25, 0.3) is 5.56 Å². The third-order valence-electron chi connectivity index (χ3n) is 4.25. The molecule has 0 N–H and O–H groups in total. The summed E-state index contributed by atoms with van der Waals surface area (Å²) in [5.74, 6) is 0.681. The van der Waals surface area contributed by atoms with Crippen molar-refractivity contribution in [2.24, 2.45) is 0 Å². The SMILES string of the molecule is Cc1ccc(-n2c(SCc3ccccn3)nc3c(c2=O)SC(C)C3)cc1. The summed E-state index contributed by atoms with van der Waals surface area (Å²) in [6.45, 7) is 4.18. The molecule has 1 aliphatic heterocycles. The lowest BCUT2D eigenvalue weighted by Crippen LogP contribution is -2.23. The highest BCUT2D eigenvalue weighted by Crippen LogP contribution is 2.35. The van der Waals surface area contributed by atoms with Crippen LogP contribution in [0.2, 0.25) is 0 Å². The van der Waals surface area contributed by atoms with Crippen molar-refractivity contribution in [3.05, 3.63) is 76.0 Å². The van der Waals surface area contributed by atoms with Crippen LogP contribution in [0.1, 0.15) is 23.9 Å². The van der Waals surface area contributed by atoms with E-state index in [0.717, 1.165) is 33.5 Å². The van der Waals surface area contributed by atoms with Crippen LogP contribution in [0.4, 0.5) is 0 Å². The quantitative estimate of drug-likeness (QED) is 0.499. The van der Waals surface area contributed by atoms with Crippen LogP contribution < -0.4 is 5.56 Å². The van der Waals surface area contributed by atoms with Crippen molar-refractivity contribution in [3.63, 3.8) is 0 Å². The van der Waals surface area contributed by atoms with Crippen molar-refractivity contribution in [3.8, 4) is 5.69 Å². The first-order chi connectivity index (χ1) is 12.6. The molecule has 0 spiro atoms. The van der Waals surface area contributed by atoms with Gasteiger partial charge in [0.1, 0.15) is 0 Å². The van der Waals surface area contributed by atoms with Crippen LogP contribution in [0.15, 0.2) is 63.5 Å². The minimum absolute atomic E-state index is 0.0386. The molecule has 1 unspecified atom stereocenters. The molecule has 3 aromatic rings. The Balaban J connectivity index is 1.78. The molecule has 0 saturated heterocycles. The van der Waals surface area contributed by atoms with Crippen molar-refractivity contribution in [1.29, 1.82) is 0 Å². The van der Waals surface area contributed by atoms with Gasteiger partial charge in [0.15, 0.2) is 5.16 Å². The summed E-state index contributed by atoms with van der Waals surface area (Å²) in [5, 5.41) is 1.13. The molecule has 0 amide bonds. The van der Waals surface area contributed by atoms with E-state index < -0.39 is 0 Å². The standard InChI is InChI=1S/C20H19N3OS2/c1-13-6-8-16(9-7-13)23-19(24)18-17(11-14(2)26-18)22-20(23)25-12-15-5-3-4-10-21-15/h3-10,14H,11-12H2,1-2H3. The Kier molecular flexibility index (Phi) is 4.87. The monoisotopic (exact) mass is 381 g/mol. The van der Waals surface area contributed by atoms with Gasteiger partial charge in [-0.05, 0) is 31.2 Å². The van der Waals surface area contributed by atoms with Gasteiger partial charge >= 0.3 is 0 Å². The normalized spacial score (nSPS) is 15.8. The van der Waals surface area contributed by atoms with Gasteiger partial charge in [0.05, 0.1) is 22.0 Å². The first-order valence-electron chi connectivity index (χ1n) is 8.54. The number of hydrogen-bond acceptors (Lipinski definition) is 5. The molecular formula is C20H19N3OS2. The van der Waals surface area contributed by atoms with Crippen molar-refractivity contribution in [2.75, 3.05) is 0 Å². The van der Waals surface area contributed by atoms with Crippen molar-refractivity contribution < 1.29 is 0 Å². The zero-order valence-corrected chi connectivity index (χ0v) is 16.3. The summed E-state index contributed by atoms with van der Waals surface area (Å²) in [6, 6.07) is 13.9. The van der Waals surface area contributed by atoms with E-state index in [-0.39, 0.29) is 5.56 Å². The third kappa shape index (κ3) is 3.44. The summed E-state index contributed by atoms with van der Waals surface area (Å²) in [7, 11) is 0. The van der Waals surface area contributed by atoms with Gasteiger partial charge in [-0.3, -0.25) is 14.3 Å². The van der Waals surface area contributed by atoms with E-state index >= 15 is 0 Å². The Bertz CT molecular complexity index is 984. The van der Waals surface area contributed by atoms with Crippen LogP contribution in [0, 0.1) is 6.92 Å². The van der Waals surface area contributed by atoms with Gasteiger partial charge in [-0.25, -0.2) is 4.98 Å². The minimum atomic E-state index is 0.0386. The van der Waals surface area contributed by atoms with Crippen LogP contribution in [0.5, 0.6) is 0 Å². The number of aromatic nitrogens is 3. The second-order valence-electron chi connectivity index (χ2n) is 6.39. The predicted molar refractivity (Wildman–Crippen MR) is 107 cm³/mol. The Morgan fingerprint density at radius 1 is 1.23 bits per heavy atom. The Hall–Kier alpha value is -2.05. The van der Waals surface area contributed by atoms with Gasteiger partial charge < -0.3 is 0 Å². The topological polar surface area (TPSA) is 47.8 Å². The van der Waals surface area contributed by atoms with Crippen LogP contribution in [0.25, 0.3) is 5.69 Å². The lowest BCUT2D eigenvalue weighted by molar-refractivity contribution is 0.730. The molecule has 1 aliphatic rings. The number of nitrogens with zero attached hydrogens (tertiary/aromatic N) is 3. The lowest BCUT2D eigenvalue weighted by atomic mass is 10.2. The molecule has 1 aromatic carbocycles. The number of rotatable bonds is 4. The average molecular weight is 382 g/mol. The Morgan fingerprint density at radius 2 is 2.04 bits per heavy atom. The molecule has 0 saturated carbocycles. The average Bonchev–Trinajstić information content (AvgIpc) is 3.03. The van der Waals surface area contributed by atoms with E-state index in [1.54, 1.807) is 34.3 Å². The molecule has 3 heterocycles. The summed E-state index contributed by atoms with van der Waals surface area (Å²) in [5.41, 5.74) is 3.97. The van der Waals surface area contributed by atoms with E-state index in [9.17, 15) is 4.79 Å². The van der Waals surface area contributed by atoms with Gasteiger partial charge in [0, 0.05) is 23.6 Å². The number of fused-ring (bicyclic) bond motifs is 1. The van der Waals surface area contributed by atoms with Crippen molar-refractivity contribution in [1.82, 2.24) is 14.5 Å². The van der Waals surface area contributed by atoms with E-state index in [4.69, 9.17) is 4.98 Å².